The number of nitrogens with one attached hydrogen (secondary N) is 2. The number of esters is 1. The Kier molecular flexibility index (Phi) is 15.8. The van der Waals surface area contributed by atoms with E-state index in [-0.39, 0.29) is 43.6 Å². The normalized spacial score (nSPS) is 24.7. The molecular formula is C56H70N6O13. The van der Waals surface area contributed by atoms with E-state index in [1.807, 2.05) is 38.1 Å². The number of fused-ring (bicyclic) bond motifs is 2. The first-order valence-electron chi connectivity index (χ1n) is 25.0. The third-order valence-corrected chi connectivity index (χ3v) is 14.0. The Labute approximate surface area is 437 Å². The lowest BCUT2D eigenvalue weighted by molar-refractivity contribution is -0.147. The van der Waals surface area contributed by atoms with Crippen LogP contribution < -0.4 is 29.6 Å². The molecule has 0 spiro atoms. The lowest BCUT2D eigenvalue weighted by atomic mass is 10.1. The summed E-state index contributed by atoms with van der Waals surface area (Å²) < 4.78 is 39.6. The number of nitrogens with zero attached hydrogens (tertiary/aromatic N) is 4. The SMILES string of the molecule is C=C[C@@H]1C[C@]1(NC(=O)[C@@H]1C[C@@H](Oc2ccnc3c(C)c(OC)ccc23)CN1C(=O)OC(C)(C)C)C(=O)OC.C=C[C@@H]1C[C@]1(NC(=O)[C@@H]1C[C@@H](Oc2ccnc3c(C)c(OC)ccc23)CN1C(=O)OC(C)(C)C)C(C)=O. The maximum Gasteiger partial charge on any atom is 0.411 e. The largest absolute Gasteiger partial charge is 0.496 e. The van der Waals surface area contributed by atoms with Crippen LogP contribution in [-0.2, 0) is 33.4 Å². The third kappa shape index (κ3) is 11.6. The van der Waals surface area contributed by atoms with Crippen molar-refractivity contribution in [1.29, 1.82) is 0 Å². The Morgan fingerprint density at radius 2 is 1.03 bits per heavy atom. The Hall–Kier alpha value is -7.44. The van der Waals surface area contributed by atoms with Gasteiger partial charge in [-0.25, -0.2) is 14.4 Å². The van der Waals surface area contributed by atoms with Gasteiger partial charge in [-0.1, -0.05) is 12.2 Å². The quantitative estimate of drug-likeness (QED) is 0.0709. The van der Waals surface area contributed by atoms with Crippen molar-refractivity contribution in [2.45, 2.75) is 135 Å². The maximum absolute atomic E-state index is 13.5. The van der Waals surface area contributed by atoms with E-state index in [4.69, 9.17) is 33.2 Å². The number of Topliss-reactive ketones (excluding diaryl/α,β-unsaturated/α-hetero) is 1. The fourth-order valence-electron chi connectivity index (χ4n) is 9.95. The number of hydrogen-bond acceptors (Lipinski definition) is 15. The van der Waals surface area contributed by atoms with Crippen molar-refractivity contribution >= 4 is 57.6 Å². The van der Waals surface area contributed by atoms with Crippen LogP contribution in [0.2, 0.25) is 0 Å². The van der Waals surface area contributed by atoms with E-state index in [0.717, 1.165) is 38.7 Å². The summed E-state index contributed by atoms with van der Waals surface area (Å²) in [4.78, 5) is 89.7. The predicted octanol–water partition coefficient (Wildman–Crippen LogP) is 7.50. The van der Waals surface area contributed by atoms with Crippen LogP contribution >= 0.6 is 0 Å². The number of amides is 4. The van der Waals surface area contributed by atoms with Gasteiger partial charge in [0.1, 0.15) is 69.6 Å². The Morgan fingerprint density at radius 3 is 1.37 bits per heavy atom. The van der Waals surface area contributed by atoms with Crippen LogP contribution in [0.15, 0.2) is 74.1 Å². The fourth-order valence-corrected chi connectivity index (χ4v) is 9.95. The number of pyridine rings is 2. The van der Waals surface area contributed by atoms with Crippen LogP contribution in [0.3, 0.4) is 0 Å². The summed E-state index contributed by atoms with van der Waals surface area (Å²) in [5.41, 5.74) is -0.376. The molecule has 4 fully saturated rings. The molecule has 402 valence electrons. The molecule has 0 bridgehead atoms. The number of aryl methyl sites for hydroxylation is 2. The first kappa shape index (κ1) is 55.3. The zero-order chi connectivity index (χ0) is 54.9. The number of carbonyl (C=O) groups excluding carboxylic acids is 6. The lowest BCUT2D eigenvalue weighted by Gasteiger charge is -2.28. The zero-order valence-corrected chi connectivity index (χ0v) is 45.0. The number of benzene rings is 2. The number of aromatic nitrogens is 2. The van der Waals surface area contributed by atoms with Crippen molar-refractivity contribution in [3.05, 3.63) is 85.2 Å². The summed E-state index contributed by atoms with van der Waals surface area (Å²) in [7, 11) is 4.49. The smallest absolute Gasteiger partial charge is 0.411 e. The van der Waals surface area contributed by atoms with Crippen molar-refractivity contribution in [3.63, 3.8) is 0 Å². The molecule has 4 aliphatic rings. The summed E-state index contributed by atoms with van der Waals surface area (Å²) in [6.07, 6.45) is 5.74. The van der Waals surface area contributed by atoms with E-state index in [1.54, 1.807) is 92.4 Å². The molecule has 2 N–H and O–H groups in total. The highest BCUT2D eigenvalue weighted by atomic mass is 16.6. The van der Waals surface area contributed by atoms with Crippen LogP contribution in [0.4, 0.5) is 9.59 Å². The van der Waals surface area contributed by atoms with Crippen molar-refractivity contribution in [3.8, 4) is 23.0 Å². The molecule has 8 atom stereocenters. The monoisotopic (exact) mass is 1030 g/mol. The minimum Gasteiger partial charge on any atom is -0.496 e. The van der Waals surface area contributed by atoms with E-state index in [9.17, 15) is 28.8 Å². The molecule has 4 aromatic rings. The van der Waals surface area contributed by atoms with Gasteiger partial charge in [-0.3, -0.25) is 34.2 Å². The van der Waals surface area contributed by atoms with Gasteiger partial charge in [0, 0.05) is 59.0 Å². The molecule has 8 rings (SSSR count). The van der Waals surface area contributed by atoms with Gasteiger partial charge in [-0.15, -0.1) is 13.2 Å². The van der Waals surface area contributed by atoms with Crippen LogP contribution in [0.25, 0.3) is 21.8 Å². The molecule has 19 nitrogen and oxygen atoms in total. The van der Waals surface area contributed by atoms with Crippen molar-refractivity contribution < 1.29 is 61.9 Å². The molecule has 19 heteroatoms. The highest BCUT2D eigenvalue weighted by molar-refractivity contribution is 5.98. The highest BCUT2D eigenvalue weighted by Crippen LogP contribution is 2.47. The summed E-state index contributed by atoms with van der Waals surface area (Å²) >= 11 is 0. The van der Waals surface area contributed by atoms with E-state index >= 15 is 0 Å². The Morgan fingerprint density at radius 1 is 0.627 bits per heavy atom. The molecule has 2 aromatic heterocycles. The van der Waals surface area contributed by atoms with Crippen molar-refractivity contribution in [2.75, 3.05) is 34.4 Å². The maximum atomic E-state index is 13.5. The van der Waals surface area contributed by atoms with Crippen molar-refractivity contribution in [1.82, 2.24) is 30.4 Å². The van der Waals surface area contributed by atoms with Crippen LogP contribution in [0, 0.1) is 25.7 Å². The molecule has 0 radical (unpaired) electrons. The summed E-state index contributed by atoms with van der Waals surface area (Å²) in [6, 6.07) is 9.23. The number of carbonyl (C=O) groups is 6. The number of rotatable bonds is 14. The summed E-state index contributed by atoms with van der Waals surface area (Å²) in [5, 5.41) is 7.33. The molecular weight excluding hydrogens is 965 g/mol. The van der Waals surface area contributed by atoms with E-state index in [0.29, 0.717) is 30.1 Å². The molecule has 2 saturated carbocycles. The molecule has 2 aromatic carbocycles. The molecule has 4 amide bonds. The average molecular weight is 1040 g/mol. The van der Waals surface area contributed by atoms with E-state index in [1.165, 1.54) is 23.8 Å². The van der Waals surface area contributed by atoms with Crippen LogP contribution in [-0.4, -0.2) is 137 Å². The topological polar surface area (TPSA) is 223 Å². The number of hydrogen-bond donors (Lipinski definition) is 2. The van der Waals surface area contributed by atoms with E-state index < -0.39 is 76.5 Å². The summed E-state index contributed by atoms with van der Waals surface area (Å²) in [5.74, 6) is 0.696. The van der Waals surface area contributed by atoms with E-state index in [2.05, 4.69) is 33.8 Å². The Balaban J connectivity index is 0.000000219. The molecule has 2 aliphatic carbocycles. The Bertz CT molecular complexity index is 2910. The number of methoxy groups -OCH3 is 3. The predicted molar refractivity (Wildman–Crippen MR) is 279 cm³/mol. The number of ketones is 1. The molecule has 75 heavy (non-hydrogen) atoms. The first-order chi connectivity index (χ1) is 35.3. The van der Waals surface area contributed by atoms with Crippen molar-refractivity contribution in [2.24, 2.45) is 11.8 Å². The zero-order valence-electron chi connectivity index (χ0n) is 45.0. The van der Waals surface area contributed by atoms with Gasteiger partial charge in [0.2, 0.25) is 11.8 Å². The molecule has 2 saturated heterocycles. The standard InChI is InChI=1S/C28H35N3O7.C28H35N3O6/c1-8-17-14-28(17,25(33)36-7)30-24(32)20-13-18(15-31(20)26(34)38-27(3,4)5)37-22-11-12-29-23-16(2)21(35-6)10-9-19(22)23;1-8-18-14-28(18,17(3)32)30-25(33)21-13-19(15-31(21)26(34)37-27(4,5)6)36-23-11-12-29-24-16(2)22(35-7)10-9-20(23)24/h8-12,17-18,20H,1,13-15H2,2-7H3,(H,30,32);8-12,18-19,21H,1,13-15H2,2-7H3,(H,30,33)/t17-,18-,20+,28-;18-,19-,21+,28+/m11/s1. The van der Waals surface area contributed by atoms with Crippen LogP contribution in [0.1, 0.15) is 85.3 Å². The minimum absolute atomic E-state index is 0.124. The van der Waals surface area contributed by atoms with Gasteiger partial charge in [-0.2, -0.15) is 0 Å². The first-order valence-corrected chi connectivity index (χ1v) is 25.0. The highest BCUT2D eigenvalue weighted by Gasteiger charge is 2.62. The van der Waals surface area contributed by atoms with Gasteiger partial charge in [-0.05, 0) is 112 Å². The van der Waals surface area contributed by atoms with Crippen LogP contribution in [0.5, 0.6) is 23.0 Å². The fraction of sp³-hybridized carbons (Fsp3) is 0.500. The minimum atomic E-state index is -1.18. The second kappa shape index (κ2) is 21.4. The average Bonchev–Trinajstić information content (AvgIpc) is 4.13. The second-order valence-electron chi connectivity index (χ2n) is 21.5. The van der Waals surface area contributed by atoms with Gasteiger partial charge in [0.05, 0.1) is 45.5 Å². The summed E-state index contributed by atoms with van der Waals surface area (Å²) in [6.45, 7) is 23.7. The molecule has 2 aliphatic heterocycles. The van der Waals surface area contributed by atoms with Gasteiger partial charge >= 0.3 is 18.2 Å². The van der Waals surface area contributed by atoms with Gasteiger partial charge in [0.15, 0.2) is 5.78 Å². The molecule has 0 unspecified atom stereocenters. The van der Waals surface area contributed by atoms with Gasteiger partial charge in [0.25, 0.3) is 0 Å². The second-order valence-corrected chi connectivity index (χ2v) is 21.5. The lowest BCUT2D eigenvalue weighted by Crippen LogP contribution is -2.53. The third-order valence-electron chi connectivity index (χ3n) is 14.0. The van der Waals surface area contributed by atoms with Gasteiger partial charge < -0.3 is 43.8 Å². The number of ether oxygens (including phenoxy) is 7. The number of likely N-dealkylation sites (tertiary alicyclic amines) is 2. The molecule has 4 heterocycles.